The molecule has 1 heterocycles. The Balaban J connectivity index is 1.78. The van der Waals surface area contributed by atoms with Crippen LogP contribution < -0.4 is 0 Å². The topological polar surface area (TPSA) is 71.5 Å². The van der Waals surface area contributed by atoms with Crippen LogP contribution in [-0.2, 0) is 19.2 Å². The van der Waals surface area contributed by atoms with E-state index in [1.165, 1.54) is 0 Å². The molecule has 1 saturated heterocycles. The highest BCUT2D eigenvalue weighted by Gasteiger charge is 2.48. The molecule has 5 nitrogen and oxygen atoms in total. The Bertz CT molecular complexity index is 928. The van der Waals surface area contributed by atoms with Crippen molar-refractivity contribution >= 4 is 23.3 Å². The van der Waals surface area contributed by atoms with E-state index in [9.17, 15) is 19.2 Å². The van der Waals surface area contributed by atoms with E-state index in [-0.39, 0.29) is 29.2 Å². The lowest BCUT2D eigenvalue weighted by Crippen LogP contribution is -2.49. The first-order valence-corrected chi connectivity index (χ1v) is 10.6. The average Bonchev–Trinajstić information content (AvgIpc) is 2.69. The van der Waals surface area contributed by atoms with Crippen LogP contribution in [0, 0.1) is 31.1 Å². The normalized spacial score (nSPS) is 18.9. The van der Waals surface area contributed by atoms with Crippen LogP contribution in [-0.4, -0.2) is 41.2 Å². The van der Waals surface area contributed by atoms with Gasteiger partial charge < -0.3 is 4.90 Å². The van der Waals surface area contributed by atoms with Gasteiger partial charge >= 0.3 is 0 Å². The molecular formula is C25H29NO4. The molecule has 1 aromatic rings. The first kappa shape index (κ1) is 22.0. The van der Waals surface area contributed by atoms with Gasteiger partial charge in [0.1, 0.15) is 17.5 Å². The molecule has 0 N–H and O–H groups in total. The van der Waals surface area contributed by atoms with E-state index in [0.29, 0.717) is 38.8 Å². The summed E-state index contributed by atoms with van der Waals surface area (Å²) >= 11 is 0. The van der Waals surface area contributed by atoms with Gasteiger partial charge in [0.2, 0.25) is 5.78 Å². The fourth-order valence-corrected chi connectivity index (χ4v) is 5.02. The van der Waals surface area contributed by atoms with Gasteiger partial charge in [-0.15, -0.1) is 5.92 Å². The number of hydrogen-bond acceptors (Lipinski definition) is 4. The summed E-state index contributed by atoms with van der Waals surface area (Å²) in [6.07, 6.45) is 2.07. The molecule has 1 saturated carbocycles. The van der Waals surface area contributed by atoms with Crippen LogP contribution in [0.4, 0.5) is 0 Å². The maximum Gasteiger partial charge on any atom is 0.289 e. The molecule has 3 rings (SSSR count). The minimum absolute atomic E-state index is 0.0313. The van der Waals surface area contributed by atoms with Crippen LogP contribution in [0.5, 0.6) is 0 Å². The Hall–Kier alpha value is -2.74. The van der Waals surface area contributed by atoms with Gasteiger partial charge in [-0.3, -0.25) is 19.2 Å². The molecule has 1 spiro atoms. The van der Waals surface area contributed by atoms with Crippen molar-refractivity contribution in [1.29, 1.82) is 0 Å². The molecular weight excluding hydrogens is 378 g/mol. The molecule has 1 amide bonds. The van der Waals surface area contributed by atoms with Gasteiger partial charge in [-0.25, -0.2) is 0 Å². The van der Waals surface area contributed by atoms with Crippen molar-refractivity contribution in [2.24, 2.45) is 5.41 Å². The van der Waals surface area contributed by atoms with E-state index in [1.54, 1.807) is 18.7 Å². The molecule has 2 aliphatic rings. The second-order valence-electron chi connectivity index (χ2n) is 8.69. The molecule has 158 valence electrons. The van der Waals surface area contributed by atoms with Crippen LogP contribution in [0.3, 0.4) is 0 Å². The zero-order valence-electron chi connectivity index (χ0n) is 18.3. The number of rotatable bonds is 3. The summed E-state index contributed by atoms with van der Waals surface area (Å²) in [5.74, 6) is 4.32. The maximum absolute atomic E-state index is 13.2. The molecule has 2 fully saturated rings. The number of ketones is 3. The quantitative estimate of drug-likeness (QED) is 0.438. The maximum atomic E-state index is 13.2. The number of aryl methyl sites for hydroxylation is 2. The lowest BCUT2D eigenvalue weighted by atomic mass is 9.62. The first-order valence-electron chi connectivity index (χ1n) is 10.6. The second kappa shape index (κ2) is 8.55. The van der Waals surface area contributed by atoms with Crippen molar-refractivity contribution in [3.8, 4) is 11.8 Å². The third-order valence-electron chi connectivity index (χ3n) is 6.57. The summed E-state index contributed by atoms with van der Waals surface area (Å²) in [6.45, 7) is 8.18. The fourth-order valence-electron chi connectivity index (χ4n) is 5.02. The number of piperidine rings is 1. The Morgan fingerprint density at radius 1 is 1.07 bits per heavy atom. The minimum atomic E-state index is -0.708. The zero-order valence-corrected chi connectivity index (χ0v) is 18.3. The number of benzene rings is 1. The largest absolute Gasteiger partial charge is 0.336 e. The highest BCUT2D eigenvalue weighted by molar-refractivity contribution is 6.35. The van der Waals surface area contributed by atoms with Gasteiger partial charge in [-0.1, -0.05) is 12.8 Å². The van der Waals surface area contributed by atoms with E-state index in [4.69, 9.17) is 0 Å². The first-order chi connectivity index (χ1) is 14.2. The molecule has 1 aliphatic carbocycles. The molecule has 0 unspecified atom stereocenters. The Morgan fingerprint density at radius 2 is 1.60 bits per heavy atom. The Morgan fingerprint density at radius 3 is 2.07 bits per heavy atom. The summed E-state index contributed by atoms with van der Waals surface area (Å²) in [4.78, 5) is 51.8. The van der Waals surface area contributed by atoms with Crippen LogP contribution in [0.1, 0.15) is 74.1 Å². The average molecular weight is 408 g/mol. The van der Waals surface area contributed by atoms with E-state index in [2.05, 4.69) is 11.8 Å². The monoisotopic (exact) mass is 407 g/mol. The van der Waals surface area contributed by atoms with Gasteiger partial charge in [-0.05, 0) is 67.9 Å². The molecule has 0 aromatic heterocycles. The molecule has 1 aliphatic heterocycles. The predicted octanol–water partition coefficient (Wildman–Crippen LogP) is 3.28. The van der Waals surface area contributed by atoms with Crippen molar-refractivity contribution < 1.29 is 19.2 Å². The van der Waals surface area contributed by atoms with Gasteiger partial charge in [0.15, 0.2) is 0 Å². The standard InChI is InChI=1S/C25H29NO4/c1-5-7-18-12-16(3)22(17(4)13-18)23-20(28)14-25(15-21(23)29)8-10-26(11-9-25)24(30)19(27)6-2/h12-13,23H,6,8-11,14-15H2,1-4H3. The predicted molar refractivity (Wildman–Crippen MR) is 114 cm³/mol. The number of hydrogen-bond donors (Lipinski definition) is 0. The Kier molecular flexibility index (Phi) is 6.26. The van der Waals surface area contributed by atoms with E-state index >= 15 is 0 Å². The van der Waals surface area contributed by atoms with Crippen LogP contribution in [0.2, 0.25) is 0 Å². The molecule has 5 heteroatoms. The number of amides is 1. The summed E-state index contributed by atoms with van der Waals surface area (Å²) in [5, 5.41) is 0. The van der Waals surface area contributed by atoms with E-state index in [0.717, 1.165) is 22.3 Å². The summed E-state index contributed by atoms with van der Waals surface area (Å²) in [6, 6.07) is 3.89. The van der Waals surface area contributed by atoms with Crippen LogP contribution in [0.15, 0.2) is 12.1 Å². The van der Waals surface area contributed by atoms with Crippen molar-refractivity contribution in [3.05, 3.63) is 34.4 Å². The molecule has 0 bridgehead atoms. The molecule has 0 radical (unpaired) electrons. The fraction of sp³-hybridized carbons (Fsp3) is 0.520. The number of carbonyl (C=O) groups is 4. The summed E-state index contributed by atoms with van der Waals surface area (Å²) in [7, 11) is 0. The third-order valence-corrected chi connectivity index (χ3v) is 6.57. The van der Waals surface area contributed by atoms with Crippen molar-refractivity contribution in [2.75, 3.05) is 13.1 Å². The second-order valence-corrected chi connectivity index (χ2v) is 8.69. The van der Waals surface area contributed by atoms with Crippen LogP contribution in [0.25, 0.3) is 0 Å². The lowest BCUT2D eigenvalue weighted by molar-refractivity contribution is -0.147. The van der Waals surface area contributed by atoms with Crippen LogP contribution >= 0.6 is 0 Å². The van der Waals surface area contributed by atoms with Gasteiger partial charge in [0, 0.05) is 37.9 Å². The summed E-state index contributed by atoms with van der Waals surface area (Å²) in [5.41, 5.74) is 3.18. The number of likely N-dealkylation sites (tertiary alicyclic amines) is 1. The summed E-state index contributed by atoms with van der Waals surface area (Å²) < 4.78 is 0. The SMILES string of the molecule is CC#Cc1cc(C)c(C2C(=O)CC3(CCN(C(=O)C(=O)CC)CC3)CC2=O)c(C)c1. The van der Waals surface area contributed by atoms with Crippen molar-refractivity contribution in [3.63, 3.8) is 0 Å². The lowest BCUT2D eigenvalue weighted by Gasteiger charge is -2.44. The minimum Gasteiger partial charge on any atom is -0.336 e. The van der Waals surface area contributed by atoms with Crippen molar-refractivity contribution in [2.45, 2.75) is 65.7 Å². The van der Waals surface area contributed by atoms with Gasteiger partial charge in [0.25, 0.3) is 5.91 Å². The Labute approximate surface area is 178 Å². The highest BCUT2D eigenvalue weighted by atomic mass is 16.2. The number of carbonyl (C=O) groups excluding carboxylic acids is 4. The highest BCUT2D eigenvalue weighted by Crippen LogP contribution is 2.46. The molecule has 1 aromatic carbocycles. The molecule has 30 heavy (non-hydrogen) atoms. The van der Waals surface area contributed by atoms with Crippen molar-refractivity contribution in [1.82, 2.24) is 4.90 Å². The van der Waals surface area contributed by atoms with E-state index < -0.39 is 11.8 Å². The molecule has 0 atom stereocenters. The number of nitrogens with zero attached hydrogens (tertiary/aromatic N) is 1. The van der Waals surface area contributed by atoms with Gasteiger partial charge in [0.05, 0.1) is 0 Å². The smallest absolute Gasteiger partial charge is 0.289 e. The van der Waals surface area contributed by atoms with Gasteiger partial charge in [-0.2, -0.15) is 0 Å². The van der Waals surface area contributed by atoms with E-state index in [1.807, 2.05) is 26.0 Å². The number of Topliss-reactive ketones (excluding diaryl/α,β-unsaturated/α-hetero) is 3. The third kappa shape index (κ3) is 4.09. The zero-order chi connectivity index (χ0) is 22.1.